The molecule has 4 N–H and O–H groups in total. The van der Waals surface area contributed by atoms with E-state index >= 15 is 0 Å². The van der Waals surface area contributed by atoms with Gasteiger partial charge in [0.2, 0.25) is 5.91 Å². The van der Waals surface area contributed by atoms with E-state index in [1.165, 1.54) is 7.05 Å². The van der Waals surface area contributed by atoms with Crippen LogP contribution in [0.15, 0.2) is 55.1 Å². The number of aldehydes is 1. The van der Waals surface area contributed by atoms with Gasteiger partial charge in [-0.1, -0.05) is 25.6 Å². The van der Waals surface area contributed by atoms with Crippen molar-refractivity contribution in [3.05, 3.63) is 66.4 Å². The predicted molar refractivity (Wildman–Crippen MR) is 131 cm³/mol. The number of aryl methyl sites for hydroxylation is 1. The van der Waals surface area contributed by atoms with Crippen LogP contribution in [0.2, 0.25) is 0 Å². The van der Waals surface area contributed by atoms with E-state index in [-0.39, 0.29) is 18.9 Å². The molecule has 2 aromatic carbocycles. The molecule has 172 valence electrons. The van der Waals surface area contributed by atoms with E-state index in [1.54, 1.807) is 0 Å². The van der Waals surface area contributed by atoms with Crippen molar-refractivity contribution in [3.8, 4) is 5.75 Å². The van der Waals surface area contributed by atoms with Gasteiger partial charge in [-0.25, -0.2) is 0 Å². The molecule has 0 aliphatic rings. The number of aliphatic hydroxyl groups excluding tert-OH is 1. The summed E-state index contributed by atoms with van der Waals surface area (Å²) in [5.41, 5.74) is 8.33. The Morgan fingerprint density at radius 3 is 2.56 bits per heavy atom. The fraction of sp³-hybridized carbons (Fsp3) is 0.280. The molecule has 0 saturated carbocycles. The Kier molecular flexibility index (Phi) is 12.1. The Balaban J connectivity index is 0.000000769. The number of amides is 1. The van der Waals surface area contributed by atoms with Crippen molar-refractivity contribution in [2.45, 2.75) is 26.4 Å². The molecule has 32 heavy (non-hydrogen) atoms. The number of nitrogens with two attached hydrogens (primary N) is 1. The molecule has 7 heteroatoms. The quantitative estimate of drug-likeness (QED) is 0.462. The molecule has 0 saturated heterocycles. The van der Waals surface area contributed by atoms with Crippen LogP contribution in [0.4, 0.5) is 5.69 Å². The molecule has 0 atom stereocenters. The lowest BCUT2D eigenvalue weighted by Gasteiger charge is -2.09. The van der Waals surface area contributed by atoms with Crippen molar-refractivity contribution < 1.29 is 19.4 Å². The number of anilines is 1. The SMILES string of the molecule is C=Cc1cc2cc(OCc3cccc(NC(=O)CCO)c3)ccc2n1C.CCC=O.CN. The second kappa shape index (κ2) is 14.6. The van der Waals surface area contributed by atoms with Crippen LogP contribution < -0.4 is 15.8 Å². The van der Waals surface area contributed by atoms with Gasteiger partial charge in [0, 0.05) is 35.8 Å². The zero-order valence-corrected chi connectivity index (χ0v) is 19.0. The predicted octanol–water partition coefficient (Wildman–Crippen LogP) is 3.89. The van der Waals surface area contributed by atoms with Gasteiger partial charge in [0.15, 0.2) is 0 Å². The molecule has 3 rings (SSSR count). The first kappa shape index (κ1) is 26.6. The molecule has 0 aliphatic carbocycles. The Labute approximate surface area is 189 Å². The third-order valence-electron chi connectivity index (χ3n) is 4.38. The molecule has 0 aliphatic heterocycles. The molecule has 3 aromatic rings. The standard InChI is InChI=1S/C21H22N2O3.C3H6O.CH5N/c1-3-18-12-16-13-19(7-8-20(16)23(18)2)26-14-15-5-4-6-17(11-15)22-21(25)9-10-24;1-2-3-4;1-2/h3-8,11-13,24H,1,9-10,14H2,2H3,(H,22,25);3H,2H2,1H3;2H2,1H3. The average molecular weight is 440 g/mol. The second-order valence-electron chi connectivity index (χ2n) is 6.64. The summed E-state index contributed by atoms with van der Waals surface area (Å²) in [6.07, 6.45) is 3.43. The van der Waals surface area contributed by atoms with Crippen LogP contribution in [0.3, 0.4) is 0 Å². The van der Waals surface area contributed by atoms with Crippen molar-refractivity contribution in [1.29, 1.82) is 0 Å². The summed E-state index contributed by atoms with van der Waals surface area (Å²) in [5.74, 6) is 0.576. The molecule has 1 aromatic heterocycles. The van der Waals surface area contributed by atoms with Crippen LogP contribution in [0, 0.1) is 0 Å². The highest BCUT2D eigenvalue weighted by molar-refractivity contribution is 5.90. The van der Waals surface area contributed by atoms with E-state index in [2.05, 4.69) is 28.3 Å². The number of hydrogen-bond donors (Lipinski definition) is 3. The summed E-state index contributed by atoms with van der Waals surface area (Å²) < 4.78 is 7.99. The maximum Gasteiger partial charge on any atom is 0.226 e. The number of aliphatic hydroxyl groups is 1. The van der Waals surface area contributed by atoms with Gasteiger partial charge >= 0.3 is 0 Å². The number of rotatable bonds is 8. The number of ether oxygens (including phenoxy) is 1. The van der Waals surface area contributed by atoms with Gasteiger partial charge in [-0.15, -0.1) is 0 Å². The normalized spacial score (nSPS) is 9.66. The van der Waals surface area contributed by atoms with E-state index in [1.807, 2.05) is 62.5 Å². The molecular weight excluding hydrogens is 406 g/mol. The molecule has 0 radical (unpaired) electrons. The van der Waals surface area contributed by atoms with Gasteiger partial charge in [0.1, 0.15) is 18.6 Å². The summed E-state index contributed by atoms with van der Waals surface area (Å²) >= 11 is 0. The van der Waals surface area contributed by atoms with Crippen molar-refractivity contribution >= 4 is 34.9 Å². The van der Waals surface area contributed by atoms with Crippen molar-refractivity contribution in [1.82, 2.24) is 4.57 Å². The van der Waals surface area contributed by atoms with Crippen LogP contribution in [-0.4, -0.2) is 35.5 Å². The van der Waals surface area contributed by atoms with Crippen LogP contribution >= 0.6 is 0 Å². The fourth-order valence-corrected chi connectivity index (χ4v) is 2.87. The van der Waals surface area contributed by atoms with Gasteiger partial charge in [-0.3, -0.25) is 4.79 Å². The van der Waals surface area contributed by atoms with E-state index in [0.717, 1.165) is 34.2 Å². The largest absolute Gasteiger partial charge is 0.489 e. The number of nitrogens with zero attached hydrogens (tertiary/aromatic N) is 1. The average Bonchev–Trinajstić information content (AvgIpc) is 3.14. The Morgan fingerprint density at radius 2 is 1.94 bits per heavy atom. The first-order chi connectivity index (χ1) is 15.5. The lowest BCUT2D eigenvalue weighted by molar-refractivity contribution is -0.116. The maximum atomic E-state index is 11.6. The number of carbonyl (C=O) groups is 2. The first-order valence-electron chi connectivity index (χ1n) is 10.4. The van der Waals surface area contributed by atoms with Crippen LogP contribution in [0.1, 0.15) is 31.0 Å². The summed E-state index contributed by atoms with van der Waals surface area (Å²) in [4.78, 5) is 20.7. The van der Waals surface area contributed by atoms with Gasteiger partial charge in [-0.2, -0.15) is 0 Å². The lowest BCUT2D eigenvalue weighted by Crippen LogP contribution is -2.13. The zero-order valence-electron chi connectivity index (χ0n) is 19.0. The summed E-state index contributed by atoms with van der Waals surface area (Å²) in [6.45, 7) is 5.88. The van der Waals surface area contributed by atoms with Crippen LogP contribution in [-0.2, 0) is 23.2 Å². The molecule has 1 heterocycles. The Hall–Kier alpha value is -3.42. The molecule has 0 spiro atoms. The first-order valence-corrected chi connectivity index (χ1v) is 10.4. The molecule has 0 bridgehead atoms. The summed E-state index contributed by atoms with van der Waals surface area (Å²) in [6, 6.07) is 15.5. The second-order valence-corrected chi connectivity index (χ2v) is 6.64. The fourth-order valence-electron chi connectivity index (χ4n) is 2.87. The lowest BCUT2D eigenvalue weighted by atomic mass is 10.2. The third-order valence-corrected chi connectivity index (χ3v) is 4.38. The number of aromatic nitrogens is 1. The van der Waals surface area contributed by atoms with E-state index in [9.17, 15) is 9.59 Å². The Bertz CT molecular complexity index is 1010. The summed E-state index contributed by atoms with van der Waals surface area (Å²) in [5, 5.41) is 12.7. The Morgan fingerprint density at radius 1 is 1.22 bits per heavy atom. The number of fused-ring (bicyclic) bond motifs is 1. The van der Waals surface area contributed by atoms with Gasteiger partial charge in [0.05, 0.1) is 13.0 Å². The minimum absolute atomic E-state index is 0.0878. The van der Waals surface area contributed by atoms with E-state index in [0.29, 0.717) is 18.7 Å². The zero-order chi connectivity index (χ0) is 23.9. The smallest absolute Gasteiger partial charge is 0.226 e. The van der Waals surface area contributed by atoms with Crippen molar-refractivity contribution in [3.63, 3.8) is 0 Å². The van der Waals surface area contributed by atoms with Crippen LogP contribution in [0.5, 0.6) is 5.75 Å². The molecule has 0 fully saturated rings. The van der Waals surface area contributed by atoms with Gasteiger partial charge in [-0.05, 0) is 55.1 Å². The number of carbonyl (C=O) groups excluding carboxylic acids is 2. The van der Waals surface area contributed by atoms with Crippen LogP contribution in [0.25, 0.3) is 17.0 Å². The number of nitrogens with one attached hydrogen (secondary N) is 1. The van der Waals surface area contributed by atoms with Crippen molar-refractivity contribution in [2.24, 2.45) is 12.8 Å². The maximum absolute atomic E-state index is 11.6. The topological polar surface area (TPSA) is 107 Å². The molecular formula is C25H33N3O4. The highest BCUT2D eigenvalue weighted by Gasteiger charge is 2.06. The molecule has 0 unspecified atom stereocenters. The molecule has 1 amide bonds. The highest BCUT2D eigenvalue weighted by Crippen LogP contribution is 2.25. The number of hydrogen-bond acceptors (Lipinski definition) is 5. The van der Waals surface area contributed by atoms with Crippen molar-refractivity contribution in [2.75, 3.05) is 19.0 Å². The monoisotopic (exact) mass is 439 g/mol. The third kappa shape index (κ3) is 8.02. The van der Waals surface area contributed by atoms with E-state index < -0.39 is 0 Å². The highest BCUT2D eigenvalue weighted by atomic mass is 16.5. The number of benzene rings is 2. The molecule has 7 nitrogen and oxygen atoms in total. The van der Waals surface area contributed by atoms with E-state index in [4.69, 9.17) is 9.84 Å². The van der Waals surface area contributed by atoms with Gasteiger partial charge in [0.25, 0.3) is 0 Å². The van der Waals surface area contributed by atoms with Gasteiger partial charge < -0.3 is 30.3 Å². The minimum Gasteiger partial charge on any atom is -0.489 e. The minimum atomic E-state index is -0.210. The summed E-state index contributed by atoms with van der Waals surface area (Å²) in [7, 11) is 3.51.